The Bertz CT molecular complexity index is 441. The number of hydrogen-bond donors (Lipinski definition) is 2. The first-order valence-corrected chi connectivity index (χ1v) is 6.78. The Labute approximate surface area is 117 Å². The Kier molecular flexibility index (Phi) is 4.44. The van der Waals surface area contributed by atoms with Crippen LogP contribution in [0.1, 0.15) is 25.6 Å². The Morgan fingerprint density at radius 1 is 1.37 bits per heavy atom. The average Bonchev–Trinajstić information content (AvgIpc) is 2.76. The van der Waals surface area contributed by atoms with Crippen molar-refractivity contribution in [2.45, 2.75) is 25.9 Å². The molecule has 7 heteroatoms. The van der Waals surface area contributed by atoms with E-state index in [9.17, 15) is 9.90 Å². The van der Waals surface area contributed by atoms with Crippen molar-refractivity contribution in [1.82, 2.24) is 19.8 Å². The molecule has 106 valence electrons. The van der Waals surface area contributed by atoms with E-state index < -0.39 is 12.0 Å². The molecule has 0 aromatic carbocycles. The van der Waals surface area contributed by atoms with Gasteiger partial charge in [-0.25, -0.2) is 4.98 Å². The largest absolute Gasteiger partial charge is 0.480 e. The van der Waals surface area contributed by atoms with Crippen LogP contribution in [-0.2, 0) is 4.79 Å². The first kappa shape index (κ1) is 14.3. The number of rotatable bonds is 4. The SMILES string of the molecule is CC(C)N1CCN(C(C(=O)O)c2[nH]cnc2Cl)CC1. The minimum Gasteiger partial charge on any atom is -0.480 e. The summed E-state index contributed by atoms with van der Waals surface area (Å²) >= 11 is 5.93. The molecule has 0 spiro atoms. The first-order valence-electron chi connectivity index (χ1n) is 6.40. The number of nitrogens with one attached hydrogen (secondary N) is 1. The Hall–Kier alpha value is -1.11. The van der Waals surface area contributed by atoms with Gasteiger partial charge in [0, 0.05) is 32.2 Å². The monoisotopic (exact) mass is 286 g/mol. The van der Waals surface area contributed by atoms with Crippen LogP contribution in [0, 0.1) is 0 Å². The lowest BCUT2D eigenvalue weighted by Crippen LogP contribution is -2.51. The molecule has 1 fully saturated rings. The zero-order chi connectivity index (χ0) is 14.0. The Morgan fingerprint density at radius 3 is 2.37 bits per heavy atom. The molecule has 0 saturated carbocycles. The standard InChI is InChI=1S/C12H19ClN4O2/c1-8(2)16-3-5-17(6-4-16)10(12(18)19)9-11(13)15-7-14-9/h7-8,10H,3-6H2,1-2H3,(H,14,15)(H,18,19). The molecular formula is C12H19ClN4O2. The summed E-state index contributed by atoms with van der Waals surface area (Å²) in [6, 6.07) is -0.259. The van der Waals surface area contributed by atoms with Gasteiger partial charge in [0.25, 0.3) is 0 Å². The number of halogens is 1. The van der Waals surface area contributed by atoms with Gasteiger partial charge in [0.1, 0.15) is 0 Å². The molecule has 0 bridgehead atoms. The minimum absolute atomic E-state index is 0.235. The number of carboxylic acid groups (broad SMARTS) is 1. The lowest BCUT2D eigenvalue weighted by Gasteiger charge is -2.39. The van der Waals surface area contributed by atoms with Crippen molar-refractivity contribution in [1.29, 1.82) is 0 Å². The summed E-state index contributed by atoms with van der Waals surface area (Å²) in [4.78, 5) is 22.5. The molecule has 1 aromatic rings. The van der Waals surface area contributed by atoms with Crippen LogP contribution < -0.4 is 0 Å². The zero-order valence-corrected chi connectivity index (χ0v) is 11.9. The molecule has 1 aromatic heterocycles. The van der Waals surface area contributed by atoms with Gasteiger partial charge >= 0.3 is 5.97 Å². The molecule has 19 heavy (non-hydrogen) atoms. The van der Waals surface area contributed by atoms with Crippen LogP contribution in [0.2, 0.25) is 5.15 Å². The van der Waals surface area contributed by atoms with Crippen LogP contribution in [0.4, 0.5) is 0 Å². The van der Waals surface area contributed by atoms with Crippen LogP contribution in [0.3, 0.4) is 0 Å². The molecule has 1 saturated heterocycles. The predicted octanol–water partition coefficient (Wildman–Crippen LogP) is 1.21. The van der Waals surface area contributed by atoms with Crippen molar-refractivity contribution in [3.63, 3.8) is 0 Å². The maximum absolute atomic E-state index is 11.5. The van der Waals surface area contributed by atoms with Crippen molar-refractivity contribution in [2.24, 2.45) is 0 Å². The highest BCUT2D eigenvalue weighted by atomic mass is 35.5. The molecule has 0 amide bonds. The summed E-state index contributed by atoms with van der Waals surface area (Å²) in [5.41, 5.74) is 0.465. The average molecular weight is 287 g/mol. The van der Waals surface area contributed by atoms with Crippen LogP contribution in [-0.4, -0.2) is 63.1 Å². The third-order valence-electron chi connectivity index (χ3n) is 3.57. The highest BCUT2D eigenvalue weighted by Gasteiger charge is 2.33. The number of piperazine rings is 1. The number of hydrogen-bond acceptors (Lipinski definition) is 4. The number of aliphatic carboxylic acids is 1. The molecule has 1 atom stereocenters. The summed E-state index contributed by atoms with van der Waals surface area (Å²) in [6.07, 6.45) is 1.43. The van der Waals surface area contributed by atoms with Crippen LogP contribution in [0.5, 0.6) is 0 Å². The van der Waals surface area contributed by atoms with Crippen LogP contribution in [0.25, 0.3) is 0 Å². The lowest BCUT2D eigenvalue weighted by atomic mass is 10.1. The minimum atomic E-state index is -0.899. The van der Waals surface area contributed by atoms with Crippen molar-refractivity contribution >= 4 is 17.6 Å². The van der Waals surface area contributed by atoms with Gasteiger partial charge < -0.3 is 10.1 Å². The summed E-state index contributed by atoms with van der Waals surface area (Å²) in [7, 11) is 0. The molecule has 1 aliphatic heterocycles. The second kappa shape index (κ2) is 5.90. The van der Waals surface area contributed by atoms with E-state index >= 15 is 0 Å². The Balaban J connectivity index is 2.10. The fourth-order valence-electron chi connectivity index (χ4n) is 2.45. The third kappa shape index (κ3) is 3.08. The summed E-state index contributed by atoms with van der Waals surface area (Å²) in [6.45, 7) is 7.46. The second-order valence-corrected chi connectivity index (χ2v) is 5.37. The second-order valence-electron chi connectivity index (χ2n) is 5.01. The van der Waals surface area contributed by atoms with Crippen molar-refractivity contribution in [3.05, 3.63) is 17.2 Å². The van der Waals surface area contributed by atoms with E-state index in [4.69, 9.17) is 11.6 Å². The highest BCUT2D eigenvalue weighted by Crippen LogP contribution is 2.26. The van der Waals surface area contributed by atoms with E-state index in [1.807, 2.05) is 4.90 Å². The zero-order valence-electron chi connectivity index (χ0n) is 11.1. The summed E-state index contributed by atoms with van der Waals surface area (Å²) < 4.78 is 0. The van der Waals surface area contributed by atoms with Gasteiger partial charge in [-0.2, -0.15) is 0 Å². The molecule has 2 N–H and O–H groups in total. The van der Waals surface area contributed by atoms with E-state index in [1.165, 1.54) is 6.33 Å². The van der Waals surface area contributed by atoms with Gasteiger partial charge in [-0.3, -0.25) is 14.6 Å². The molecule has 1 aliphatic rings. The number of carboxylic acids is 1. The van der Waals surface area contributed by atoms with E-state index in [0.717, 1.165) is 13.1 Å². The highest BCUT2D eigenvalue weighted by molar-refractivity contribution is 6.30. The van der Waals surface area contributed by atoms with Crippen molar-refractivity contribution in [3.8, 4) is 0 Å². The number of H-pyrrole nitrogens is 1. The van der Waals surface area contributed by atoms with Gasteiger partial charge in [0.05, 0.1) is 12.0 Å². The molecule has 1 unspecified atom stereocenters. The first-order chi connectivity index (χ1) is 9.00. The molecule has 0 aliphatic carbocycles. The van der Waals surface area contributed by atoms with Crippen LogP contribution in [0.15, 0.2) is 6.33 Å². The molecule has 6 nitrogen and oxygen atoms in total. The molecule has 2 heterocycles. The van der Waals surface area contributed by atoms with Crippen molar-refractivity contribution < 1.29 is 9.90 Å². The van der Waals surface area contributed by atoms with Gasteiger partial charge in [-0.05, 0) is 13.8 Å². The maximum atomic E-state index is 11.5. The Morgan fingerprint density at radius 2 is 1.95 bits per heavy atom. The lowest BCUT2D eigenvalue weighted by molar-refractivity contribution is -0.144. The van der Waals surface area contributed by atoms with E-state index in [0.29, 0.717) is 24.8 Å². The predicted molar refractivity (Wildman–Crippen MR) is 72.3 cm³/mol. The fourth-order valence-corrected chi connectivity index (χ4v) is 2.66. The van der Waals surface area contributed by atoms with Gasteiger partial charge in [-0.1, -0.05) is 11.6 Å². The number of aromatic amines is 1. The van der Waals surface area contributed by atoms with Crippen LogP contribution >= 0.6 is 11.6 Å². The molecule has 2 rings (SSSR count). The maximum Gasteiger partial charge on any atom is 0.327 e. The quantitative estimate of drug-likeness (QED) is 0.871. The normalized spacial score (nSPS) is 19.8. The number of imidazole rings is 1. The van der Waals surface area contributed by atoms with Crippen molar-refractivity contribution in [2.75, 3.05) is 26.2 Å². The van der Waals surface area contributed by atoms with Gasteiger partial charge in [0.2, 0.25) is 0 Å². The number of nitrogens with zero attached hydrogens (tertiary/aromatic N) is 3. The smallest absolute Gasteiger partial charge is 0.327 e. The third-order valence-corrected chi connectivity index (χ3v) is 3.87. The molecular weight excluding hydrogens is 268 g/mol. The number of aromatic nitrogens is 2. The van der Waals surface area contributed by atoms with E-state index in [1.54, 1.807) is 0 Å². The number of carbonyl (C=O) groups is 1. The fraction of sp³-hybridized carbons (Fsp3) is 0.667. The van der Waals surface area contributed by atoms with Gasteiger partial charge in [-0.15, -0.1) is 0 Å². The summed E-state index contributed by atoms with van der Waals surface area (Å²) in [5, 5.41) is 9.67. The van der Waals surface area contributed by atoms with E-state index in [-0.39, 0.29) is 5.15 Å². The molecule has 0 radical (unpaired) electrons. The summed E-state index contributed by atoms with van der Waals surface area (Å²) in [5.74, 6) is -0.899. The van der Waals surface area contributed by atoms with E-state index in [2.05, 4.69) is 28.7 Å². The topological polar surface area (TPSA) is 72.5 Å². The van der Waals surface area contributed by atoms with Gasteiger partial charge in [0.15, 0.2) is 11.2 Å².